The van der Waals surface area contributed by atoms with Crippen molar-refractivity contribution in [2.75, 3.05) is 0 Å². The van der Waals surface area contributed by atoms with Gasteiger partial charge in [-0.1, -0.05) is 30.3 Å². The fourth-order valence-electron chi connectivity index (χ4n) is 1.89. The minimum atomic E-state index is 0.862. The highest BCUT2D eigenvalue weighted by Crippen LogP contribution is 2.24. The van der Waals surface area contributed by atoms with E-state index in [2.05, 4.69) is 49.7 Å². The molecule has 0 bridgehead atoms. The zero-order chi connectivity index (χ0) is 12.4. The van der Waals surface area contributed by atoms with Crippen molar-refractivity contribution in [3.05, 3.63) is 63.5 Å². The lowest BCUT2D eigenvalue weighted by Crippen LogP contribution is -1.99. The van der Waals surface area contributed by atoms with Gasteiger partial charge in [0.15, 0.2) is 0 Å². The first-order valence-corrected chi connectivity index (χ1v) is 7.24. The quantitative estimate of drug-likeness (QED) is 0.699. The van der Waals surface area contributed by atoms with E-state index in [0.717, 1.165) is 17.9 Å². The van der Waals surface area contributed by atoms with Crippen molar-refractivity contribution in [1.82, 2.24) is 9.55 Å². The van der Waals surface area contributed by atoms with Crippen molar-refractivity contribution in [2.45, 2.75) is 6.54 Å². The molecule has 0 fully saturated rings. The summed E-state index contributed by atoms with van der Waals surface area (Å²) in [4.78, 5) is 5.76. The van der Waals surface area contributed by atoms with Gasteiger partial charge in [0, 0.05) is 22.8 Å². The van der Waals surface area contributed by atoms with Crippen molar-refractivity contribution in [2.24, 2.45) is 0 Å². The number of hydrogen-bond acceptors (Lipinski definition) is 2. The summed E-state index contributed by atoms with van der Waals surface area (Å²) < 4.78 is 3.34. The molecule has 1 aromatic carbocycles. The zero-order valence-electron chi connectivity index (χ0n) is 9.58. The molecule has 0 atom stereocenters. The van der Waals surface area contributed by atoms with Gasteiger partial charge >= 0.3 is 0 Å². The molecule has 3 rings (SSSR count). The maximum absolute atomic E-state index is 4.45. The average molecular weight is 319 g/mol. The van der Waals surface area contributed by atoms with Gasteiger partial charge in [0.05, 0.1) is 10.3 Å². The van der Waals surface area contributed by atoms with Gasteiger partial charge in [-0.15, -0.1) is 11.3 Å². The molecule has 0 N–H and O–H groups in total. The summed E-state index contributed by atoms with van der Waals surface area (Å²) >= 11 is 5.25. The second-order valence-corrected chi connectivity index (χ2v) is 6.50. The predicted molar refractivity (Wildman–Crippen MR) is 78.8 cm³/mol. The van der Waals surface area contributed by atoms with Crippen LogP contribution in [0.2, 0.25) is 0 Å². The van der Waals surface area contributed by atoms with Gasteiger partial charge in [0.1, 0.15) is 5.82 Å². The third-order valence-corrected chi connectivity index (χ3v) is 4.31. The Morgan fingerprint density at radius 1 is 1.11 bits per heavy atom. The van der Waals surface area contributed by atoms with E-state index in [-0.39, 0.29) is 0 Å². The van der Waals surface area contributed by atoms with E-state index >= 15 is 0 Å². The highest BCUT2D eigenvalue weighted by atomic mass is 79.9. The minimum absolute atomic E-state index is 0.862. The van der Waals surface area contributed by atoms with Crippen LogP contribution in [0, 0.1) is 0 Å². The van der Waals surface area contributed by atoms with Gasteiger partial charge in [-0.2, -0.15) is 0 Å². The fourth-order valence-corrected chi connectivity index (χ4v) is 3.37. The molecule has 0 radical (unpaired) electrons. The normalized spacial score (nSPS) is 10.7. The molecule has 0 saturated carbocycles. The van der Waals surface area contributed by atoms with E-state index in [4.69, 9.17) is 0 Å². The van der Waals surface area contributed by atoms with Crippen LogP contribution in [0.1, 0.15) is 4.88 Å². The third-order valence-electron chi connectivity index (χ3n) is 2.70. The molecule has 2 nitrogen and oxygen atoms in total. The molecule has 0 aliphatic carbocycles. The van der Waals surface area contributed by atoms with E-state index in [0.29, 0.717) is 0 Å². The van der Waals surface area contributed by atoms with Crippen molar-refractivity contribution in [3.63, 3.8) is 0 Å². The summed E-state index contributed by atoms with van der Waals surface area (Å²) in [5.74, 6) is 1.01. The maximum Gasteiger partial charge on any atom is 0.140 e. The molecular weight excluding hydrogens is 308 g/mol. The molecule has 2 heterocycles. The zero-order valence-corrected chi connectivity index (χ0v) is 12.0. The first kappa shape index (κ1) is 11.7. The van der Waals surface area contributed by atoms with Gasteiger partial charge in [0.2, 0.25) is 0 Å². The standard InChI is InChI=1S/C14H11BrN2S/c15-13-7-6-12(18-13)10-17-9-8-16-14(17)11-4-2-1-3-5-11/h1-9H,10H2. The molecule has 4 heteroatoms. The molecule has 0 unspecified atom stereocenters. The van der Waals surface area contributed by atoms with Gasteiger partial charge < -0.3 is 4.57 Å². The largest absolute Gasteiger partial charge is 0.326 e. The number of hydrogen-bond donors (Lipinski definition) is 0. The van der Waals surface area contributed by atoms with E-state index in [1.54, 1.807) is 11.3 Å². The molecule has 0 saturated heterocycles. The number of benzene rings is 1. The number of thiophene rings is 1. The van der Waals surface area contributed by atoms with Crippen LogP contribution >= 0.6 is 27.3 Å². The number of nitrogens with zero attached hydrogens (tertiary/aromatic N) is 2. The minimum Gasteiger partial charge on any atom is -0.326 e. The topological polar surface area (TPSA) is 17.8 Å². The van der Waals surface area contributed by atoms with E-state index in [9.17, 15) is 0 Å². The van der Waals surface area contributed by atoms with Gasteiger partial charge in [0.25, 0.3) is 0 Å². The van der Waals surface area contributed by atoms with E-state index < -0.39 is 0 Å². The Labute approximate surface area is 118 Å². The van der Waals surface area contributed by atoms with Crippen LogP contribution in [0.15, 0.2) is 58.6 Å². The molecular formula is C14H11BrN2S. The first-order chi connectivity index (χ1) is 8.83. The number of aromatic nitrogens is 2. The lowest BCUT2D eigenvalue weighted by molar-refractivity contribution is 0.820. The average Bonchev–Trinajstić information content (AvgIpc) is 3.00. The number of imidazole rings is 1. The van der Waals surface area contributed by atoms with Gasteiger partial charge in [-0.05, 0) is 28.1 Å². The second-order valence-electron chi connectivity index (χ2n) is 3.95. The molecule has 90 valence electrons. The summed E-state index contributed by atoms with van der Waals surface area (Å²) in [6.07, 6.45) is 3.88. The van der Waals surface area contributed by atoms with Crippen molar-refractivity contribution >= 4 is 27.3 Å². The molecule has 0 amide bonds. The van der Waals surface area contributed by atoms with Gasteiger partial charge in [-0.3, -0.25) is 0 Å². The monoisotopic (exact) mass is 318 g/mol. The Morgan fingerprint density at radius 3 is 2.67 bits per heavy atom. The Bertz CT molecular complexity index is 643. The summed E-state index contributed by atoms with van der Waals surface area (Å²) in [5, 5.41) is 0. The van der Waals surface area contributed by atoms with E-state index in [1.165, 1.54) is 8.66 Å². The Hall–Kier alpha value is -1.39. The van der Waals surface area contributed by atoms with Crippen LogP contribution in [0.25, 0.3) is 11.4 Å². The van der Waals surface area contributed by atoms with Crippen molar-refractivity contribution < 1.29 is 0 Å². The Morgan fingerprint density at radius 2 is 1.94 bits per heavy atom. The Kier molecular flexibility index (Phi) is 3.30. The second kappa shape index (κ2) is 5.08. The van der Waals surface area contributed by atoms with Crippen LogP contribution < -0.4 is 0 Å². The smallest absolute Gasteiger partial charge is 0.140 e. The van der Waals surface area contributed by atoms with Crippen LogP contribution in [0.3, 0.4) is 0 Å². The van der Waals surface area contributed by atoms with Crippen LogP contribution in [0.5, 0.6) is 0 Å². The molecule has 0 spiro atoms. The van der Waals surface area contributed by atoms with E-state index in [1.807, 2.05) is 30.6 Å². The molecule has 3 aromatic rings. The molecule has 18 heavy (non-hydrogen) atoms. The van der Waals surface area contributed by atoms with Gasteiger partial charge in [-0.25, -0.2) is 4.98 Å². The summed E-state index contributed by atoms with van der Waals surface area (Å²) in [7, 11) is 0. The summed E-state index contributed by atoms with van der Waals surface area (Å²) in [5.41, 5.74) is 1.15. The summed E-state index contributed by atoms with van der Waals surface area (Å²) in [6, 6.07) is 14.5. The number of halogens is 1. The lowest BCUT2D eigenvalue weighted by Gasteiger charge is -2.06. The molecule has 2 aromatic heterocycles. The molecule has 0 aliphatic heterocycles. The number of rotatable bonds is 3. The van der Waals surface area contributed by atoms with Crippen LogP contribution in [0.4, 0.5) is 0 Å². The van der Waals surface area contributed by atoms with Crippen LogP contribution in [-0.2, 0) is 6.54 Å². The van der Waals surface area contributed by atoms with Crippen molar-refractivity contribution in [1.29, 1.82) is 0 Å². The fraction of sp³-hybridized carbons (Fsp3) is 0.0714. The maximum atomic E-state index is 4.45. The summed E-state index contributed by atoms with van der Waals surface area (Å²) in [6.45, 7) is 0.862. The van der Waals surface area contributed by atoms with Crippen molar-refractivity contribution in [3.8, 4) is 11.4 Å². The predicted octanol–water partition coefficient (Wildman–Crippen LogP) is 4.42. The highest BCUT2D eigenvalue weighted by Gasteiger charge is 2.06. The Balaban J connectivity index is 1.93. The first-order valence-electron chi connectivity index (χ1n) is 5.64. The SMILES string of the molecule is Brc1ccc(Cn2ccnc2-c2ccccc2)s1. The highest BCUT2D eigenvalue weighted by molar-refractivity contribution is 9.11. The third kappa shape index (κ3) is 2.40. The lowest BCUT2D eigenvalue weighted by atomic mass is 10.2. The van der Waals surface area contributed by atoms with Crippen LogP contribution in [-0.4, -0.2) is 9.55 Å². The molecule has 0 aliphatic rings.